The zero-order chi connectivity index (χ0) is 38.2. The van der Waals surface area contributed by atoms with Gasteiger partial charge in [-0.05, 0) is 57.6 Å². The summed E-state index contributed by atoms with van der Waals surface area (Å²) in [6, 6.07) is 36.4. The molecule has 1 unspecified atom stereocenters. The highest BCUT2D eigenvalue weighted by molar-refractivity contribution is 7.39. The first kappa shape index (κ1) is 39.6. The molecule has 0 aliphatic rings. The van der Waals surface area contributed by atoms with E-state index in [0.29, 0.717) is 5.56 Å². The fourth-order valence-corrected chi connectivity index (χ4v) is 12.6. The summed E-state index contributed by atoms with van der Waals surface area (Å²) in [4.78, 5) is 17.2. The lowest BCUT2D eigenvalue weighted by molar-refractivity contribution is -0.138. The Morgan fingerprint density at radius 2 is 1.47 bits per heavy atom. The van der Waals surface area contributed by atoms with Crippen LogP contribution >= 0.6 is 8.03 Å². The second-order valence-electron chi connectivity index (χ2n) is 14.5. The zero-order valence-corrected chi connectivity index (χ0v) is 33.2. The fraction of sp³-hybridized carbons (Fsp3) is 0.273. The van der Waals surface area contributed by atoms with E-state index in [1.807, 2.05) is 118 Å². The van der Waals surface area contributed by atoms with Crippen LogP contribution in [-0.4, -0.2) is 43.2 Å². The maximum absolute atomic E-state index is 14.2. The maximum atomic E-state index is 14.2. The molecule has 6 nitrogen and oxygen atoms in total. The molecule has 0 fully saturated rings. The number of pyridine rings is 1. The number of benzene rings is 4. The van der Waals surface area contributed by atoms with Gasteiger partial charge in [-0.25, -0.2) is 4.39 Å². The first-order valence-corrected chi connectivity index (χ1v) is 21.3. The van der Waals surface area contributed by atoms with Crippen molar-refractivity contribution < 1.29 is 27.8 Å². The van der Waals surface area contributed by atoms with Crippen molar-refractivity contribution in [2.45, 2.75) is 65.0 Å². The van der Waals surface area contributed by atoms with E-state index >= 15 is 0 Å². The molecule has 1 heterocycles. The molecule has 274 valence electrons. The molecule has 0 aliphatic carbocycles. The molecule has 0 amide bonds. The maximum Gasteiger partial charge on any atom is 0.305 e. The van der Waals surface area contributed by atoms with Crippen LogP contribution in [0, 0.1) is 24.6 Å². The van der Waals surface area contributed by atoms with Gasteiger partial charge in [-0.2, -0.15) is 0 Å². The van der Waals surface area contributed by atoms with Gasteiger partial charge in [-0.15, -0.1) is 0 Å². The molecule has 1 N–H and O–H groups in total. The van der Waals surface area contributed by atoms with E-state index in [1.165, 1.54) is 12.1 Å². The standard InChI is InChI=1S/C44H47FNO5PSi/c1-31(2)43-39(40(38-25-24-34(45)27-32(38)3)29-41(46-43)33-17-10-7-11-18-33)23-16-26-50-52(49)30-35(28-42(47)48)51-53(44(4,5)6,36-19-12-8-13-20-36)37-21-14-9-15-22-37/h7-15,17-22,24-25,27,29,31,35,52H,26,28,30H2,1-6H3,(H,47,48)/t35-/m0/s1. The van der Waals surface area contributed by atoms with Gasteiger partial charge >= 0.3 is 5.97 Å². The largest absolute Gasteiger partial charge is 0.481 e. The minimum absolute atomic E-state index is 0.0120. The quantitative estimate of drug-likeness (QED) is 0.0735. The van der Waals surface area contributed by atoms with Crippen molar-refractivity contribution in [1.82, 2.24) is 4.98 Å². The van der Waals surface area contributed by atoms with E-state index in [9.17, 15) is 18.9 Å². The Bertz CT molecular complexity index is 2070. The highest BCUT2D eigenvalue weighted by Crippen LogP contribution is 2.39. The number of nitrogens with zero attached hydrogens (tertiary/aromatic N) is 1. The van der Waals surface area contributed by atoms with Gasteiger partial charge in [-0.3, -0.25) is 14.3 Å². The number of hydrogen-bond donors (Lipinski definition) is 1. The Hall–Kier alpha value is -4.64. The van der Waals surface area contributed by atoms with Crippen LogP contribution in [0.25, 0.3) is 22.4 Å². The first-order valence-electron chi connectivity index (χ1n) is 17.8. The minimum Gasteiger partial charge on any atom is -0.481 e. The Morgan fingerprint density at radius 1 is 0.887 bits per heavy atom. The summed E-state index contributed by atoms with van der Waals surface area (Å²) >= 11 is 0. The van der Waals surface area contributed by atoms with Crippen molar-refractivity contribution in [3.05, 3.63) is 138 Å². The molecule has 0 bridgehead atoms. The molecule has 9 heteroatoms. The van der Waals surface area contributed by atoms with Gasteiger partial charge in [0.2, 0.25) is 0 Å². The molecular formula is C44H47FNO5PSi. The van der Waals surface area contributed by atoms with E-state index < -0.39 is 33.5 Å². The van der Waals surface area contributed by atoms with Crippen LogP contribution in [0.1, 0.15) is 63.8 Å². The van der Waals surface area contributed by atoms with Crippen molar-refractivity contribution >= 4 is 32.7 Å². The van der Waals surface area contributed by atoms with Gasteiger partial charge in [0.05, 0.1) is 29.5 Å². The van der Waals surface area contributed by atoms with Crippen LogP contribution in [0.3, 0.4) is 0 Å². The van der Waals surface area contributed by atoms with Crippen LogP contribution in [0.5, 0.6) is 0 Å². The number of carboxylic acids is 1. The fourth-order valence-electron chi connectivity index (χ4n) is 6.79. The molecular weight excluding hydrogens is 701 g/mol. The molecule has 53 heavy (non-hydrogen) atoms. The van der Waals surface area contributed by atoms with Crippen molar-refractivity contribution in [1.29, 1.82) is 0 Å². The summed E-state index contributed by atoms with van der Waals surface area (Å²) in [5.41, 5.74) is 5.63. The second kappa shape index (κ2) is 17.5. The van der Waals surface area contributed by atoms with Crippen LogP contribution in [0.2, 0.25) is 5.04 Å². The Balaban J connectivity index is 1.45. The van der Waals surface area contributed by atoms with E-state index in [1.54, 1.807) is 6.07 Å². The molecule has 0 saturated carbocycles. The van der Waals surface area contributed by atoms with Crippen LogP contribution in [0.15, 0.2) is 115 Å². The topological polar surface area (TPSA) is 85.7 Å². The van der Waals surface area contributed by atoms with Crippen molar-refractivity contribution in [2.75, 3.05) is 12.8 Å². The average molecular weight is 748 g/mol. The predicted octanol–water partition coefficient (Wildman–Crippen LogP) is 9.25. The predicted molar refractivity (Wildman–Crippen MR) is 215 cm³/mol. The van der Waals surface area contributed by atoms with Crippen LogP contribution < -0.4 is 10.4 Å². The van der Waals surface area contributed by atoms with Crippen LogP contribution in [-0.2, 0) is 18.3 Å². The van der Waals surface area contributed by atoms with Crippen molar-refractivity contribution in [3.63, 3.8) is 0 Å². The average Bonchev–Trinajstić information content (AvgIpc) is 3.12. The summed E-state index contributed by atoms with van der Waals surface area (Å²) in [7, 11) is -5.91. The summed E-state index contributed by atoms with van der Waals surface area (Å²) in [5.74, 6) is 4.96. The SMILES string of the molecule is Cc1cc(F)ccc1-c1cc(-c2ccccc2)nc(C(C)C)c1C#CCO[PH](=O)C[C@H](CC(=O)O)O[Si](c1ccccc1)(c1ccccc1)C(C)(C)C. The first-order chi connectivity index (χ1) is 25.3. The van der Waals surface area contributed by atoms with Gasteiger partial charge in [0, 0.05) is 17.3 Å². The Kier molecular flexibility index (Phi) is 13.0. The molecule has 0 spiro atoms. The van der Waals surface area contributed by atoms with E-state index in [2.05, 4.69) is 32.6 Å². The summed E-state index contributed by atoms with van der Waals surface area (Å²) < 4.78 is 40.6. The zero-order valence-electron chi connectivity index (χ0n) is 31.2. The highest BCUT2D eigenvalue weighted by Gasteiger charge is 2.51. The second-order valence-corrected chi connectivity index (χ2v) is 20.2. The molecule has 4 aromatic carbocycles. The number of hydrogen-bond acceptors (Lipinski definition) is 5. The highest BCUT2D eigenvalue weighted by atomic mass is 31.1. The Labute approximate surface area is 314 Å². The van der Waals surface area contributed by atoms with Gasteiger partial charge < -0.3 is 14.1 Å². The monoisotopic (exact) mass is 747 g/mol. The normalized spacial score (nSPS) is 12.9. The number of aryl methyl sites for hydroxylation is 1. The van der Waals surface area contributed by atoms with Crippen LogP contribution in [0.4, 0.5) is 4.39 Å². The number of carboxylic acid groups (broad SMARTS) is 1. The molecule has 0 radical (unpaired) electrons. The van der Waals surface area contributed by atoms with Crippen molar-refractivity contribution in [3.8, 4) is 34.2 Å². The van der Waals surface area contributed by atoms with Gasteiger partial charge in [-0.1, -0.05) is 144 Å². The summed E-state index contributed by atoms with van der Waals surface area (Å²) in [6.45, 7) is 12.2. The minimum atomic E-state index is -3.12. The molecule has 0 saturated heterocycles. The number of carbonyl (C=O) groups is 1. The third kappa shape index (κ3) is 9.48. The van der Waals surface area contributed by atoms with E-state index in [0.717, 1.165) is 44.0 Å². The number of aromatic nitrogens is 1. The summed E-state index contributed by atoms with van der Waals surface area (Å²) in [5, 5.41) is 11.6. The molecule has 5 aromatic rings. The van der Waals surface area contributed by atoms with Gasteiger partial charge in [0.15, 0.2) is 8.03 Å². The number of rotatable bonds is 13. The molecule has 2 atom stereocenters. The Morgan fingerprint density at radius 3 is 2.00 bits per heavy atom. The lowest BCUT2D eigenvalue weighted by atomic mass is 9.91. The number of halogens is 1. The van der Waals surface area contributed by atoms with Gasteiger partial charge in [0.1, 0.15) is 12.4 Å². The third-order valence-electron chi connectivity index (χ3n) is 9.22. The van der Waals surface area contributed by atoms with E-state index in [4.69, 9.17) is 13.9 Å². The third-order valence-corrected chi connectivity index (χ3v) is 15.6. The molecule has 0 aliphatic heterocycles. The molecule has 5 rings (SSSR count). The summed E-state index contributed by atoms with van der Waals surface area (Å²) in [6.07, 6.45) is -1.27. The lowest BCUT2D eigenvalue weighted by Crippen LogP contribution is -2.68. The van der Waals surface area contributed by atoms with Crippen molar-refractivity contribution in [2.24, 2.45) is 0 Å². The smallest absolute Gasteiger partial charge is 0.305 e. The lowest BCUT2D eigenvalue weighted by Gasteiger charge is -2.45. The number of aliphatic carboxylic acids is 1. The van der Waals surface area contributed by atoms with Gasteiger partial charge in [0.25, 0.3) is 8.32 Å². The molecule has 1 aromatic heterocycles. The van der Waals surface area contributed by atoms with E-state index in [-0.39, 0.29) is 30.9 Å².